The number of nitrogens with zero attached hydrogens (tertiary/aromatic N) is 1. The van der Waals surface area contributed by atoms with Crippen LogP contribution in [0, 0.1) is 0 Å². The maximum absolute atomic E-state index is 5.71. The molecule has 1 aromatic heterocycles. The molecule has 0 spiro atoms. The molecule has 0 aliphatic heterocycles. The van der Waals surface area contributed by atoms with Crippen molar-refractivity contribution in [3.05, 3.63) is 152 Å². The van der Waals surface area contributed by atoms with Crippen molar-refractivity contribution in [2.45, 2.75) is 0 Å². The highest BCUT2D eigenvalue weighted by Crippen LogP contribution is 2.56. The minimum Gasteiger partial charge on any atom is -0.246 e. The fourth-order valence-electron chi connectivity index (χ4n) is 7.70. The van der Waals surface area contributed by atoms with E-state index in [1.54, 1.807) is 0 Å². The lowest BCUT2D eigenvalue weighted by Crippen LogP contribution is -1.99. The summed E-state index contributed by atoms with van der Waals surface area (Å²) in [4.78, 5) is 5.71. The van der Waals surface area contributed by atoms with Gasteiger partial charge >= 0.3 is 0 Å². The molecule has 1 nitrogen and oxygen atoms in total. The van der Waals surface area contributed by atoms with E-state index in [9.17, 15) is 0 Å². The molecule has 0 saturated carbocycles. The molecule has 1 heteroatoms. The average Bonchev–Trinajstić information content (AvgIpc) is 3.43. The largest absolute Gasteiger partial charge is 0.246 e. The van der Waals surface area contributed by atoms with Crippen LogP contribution in [-0.4, -0.2) is 4.98 Å². The van der Waals surface area contributed by atoms with Crippen LogP contribution >= 0.6 is 0 Å². The average molecular weight is 556 g/mol. The van der Waals surface area contributed by atoms with Crippen molar-refractivity contribution < 1.29 is 0 Å². The van der Waals surface area contributed by atoms with Gasteiger partial charge < -0.3 is 0 Å². The number of hydrogen-bond donors (Lipinski definition) is 0. The van der Waals surface area contributed by atoms with Gasteiger partial charge in [0.05, 0.1) is 11.4 Å². The highest BCUT2D eigenvalue weighted by atomic mass is 14.7. The molecule has 10 rings (SSSR count). The Morgan fingerprint density at radius 2 is 0.841 bits per heavy atom. The number of hydrogen-bond acceptors (Lipinski definition) is 1. The van der Waals surface area contributed by atoms with Gasteiger partial charge in [-0.2, -0.15) is 0 Å². The third-order valence-electron chi connectivity index (χ3n) is 9.53. The molecular weight excluding hydrogens is 530 g/mol. The third kappa shape index (κ3) is 3.16. The maximum atomic E-state index is 5.71. The van der Waals surface area contributed by atoms with Gasteiger partial charge in [-0.1, -0.05) is 152 Å². The molecule has 1 aliphatic carbocycles. The van der Waals surface area contributed by atoms with E-state index in [-0.39, 0.29) is 0 Å². The Labute approximate surface area is 255 Å². The minimum atomic E-state index is 1.02. The summed E-state index contributed by atoms with van der Waals surface area (Å²) in [6.45, 7) is 0. The zero-order valence-corrected chi connectivity index (χ0v) is 23.9. The fraction of sp³-hybridized carbons (Fsp3) is 0. The lowest BCUT2D eigenvalue weighted by atomic mass is 9.85. The fourth-order valence-corrected chi connectivity index (χ4v) is 7.70. The van der Waals surface area contributed by atoms with Crippen molar-refractivity contribution in [1.82, 2.24) is 4.98 Å². The predicted molar refractivity (Wildman–Crippen MR) is 186 cm³/mol. The van der Waals surface area contributed by atoms with E-state index in [1.165, 1.54) is 76.5 Å². The first-order valence-corrected chi connectivity index (χ1v) is 15.2. The number of pyridine rings is 1. The summed E-state index contributed by atoms with van der Waals surface area (Å²) in [5, 5.41) is 10.3. The van der Waals surface area contributed by atoms with E-state index in [2.05, 4.69) is 152 Å². The lowest BCUT2D eigenvalue weighted by Gasteiger charge is -2.21. The molecule has 1 aliphatic rings. The Hall–Kier alpha value is -5.79. The van der Waals surface area contributed by atoms with Gasteiger partial charge in [0.1, 0.15) is 0 Å². The molecule has 0 bridgehead atoms. The Morgan fingerprint density at radius 3 is 1.55 bits per heavy atom. The van der Waals surface area contributed by atoms with Crippen LogP contribution in [0.4, 0.5) is 0 Å². The van der Waals surface area contributed by atoms with E-state index in [1.807, 2.05) is 0 Å². The van der Waals surface area contributed by atoms with Gasteiger partial charge in [-0.3, -0.25) is 0 Å². The van der Waals surface area contributed by atoms with E-state index in [0.717, 1.165) is 22.5 Å². The number of benzene rings is 8. The standard InChI is InChI=1S/C43H25N/c1-3-10-27(11-4-1)39-40-34-18-8-16-26-17-9-19-35(37(26)34)41(40)42(31-12-5-2-6-13-31)44-43(39)33-25-23-30-21-20-28-14-7-15-29-22-24-32(33)38(30)36(28)29/h1-25H. The second kappa shape index (κ2) is 8.86. The van der Waals surface area contributed by atoms with Crippen LogP contribution in [0.15, 0.2) is 152 Å². The summed E-state index contributed by atoms with van der Waals surface area (Å²) in [5.74, 6) is 0. The SMILES string of the molecule is c1ccc(-c2nc(-c3ccc4ccc5cccc6ccc3c4c56)c(-c3ccccc3)c3c2-c2cccc4cccc-3c24)cc1. The summed E-state index contributed by atoms with van der Waals surface area (Å²) < 4.78 is 0. The molecule has 8 aromatic carbocycles. The Bertz CT molecular complexity index is 2560. The quantitative estimate of drug-likeness (QED) is 0.198. The van der Waals surface area contributed by atoms with Crippen LogP contribution < -0.4 is 0 Å². The molecule has 0 radical (unpaired) electrons. The summed E-state index contributed by atoms with van der Waals surface area (Å²) in [6, 6.07) is 55.3. The van der Waals surface area contributed by atoms with Gasteiger partial charge in [0.2, 0.25) is 0 Å². The molecule has 44 heavy (non-hydrogen) atoms. The first-order chi connectivity index (χ1) is 21.8. The maximum Gasteiger partial charge on any atom is 0.0800 e. The van der Waals surface area contributed by atoms with Crippen LogP contribution in [0.1, 0.15) is 0 Å². The molecule has 0 atom stereocenters. The Kier molecular flexibility index (Phi) is 4.78. The Morgan fingerprint density at radius 1 is 0.295 bits per heavy atom. The summed E-state index contributed by atoms with van der Waals surface area (Å²) in [7, 11) is 0. The van der Waals surface area contributed by atoms with Crippen molar-refractivity contribution in [2.75, 3.05) is 0 Å². The van der Waals surface area contributed by atoms with Crippen LogP contribution in [0.25, 0.3) is 99.0 Å². The number of aromatic nitrogens is 1. The molecular formula is C43H25N. The van der Waals surface area contributed by atoms with E-state index in [4.69, 9.17) is 4.98 Å². The normalized spacial score (nSPS) is 12.1. The van der Waals surface area contributed by atoms with Crippen LogP contribution in [0.5, 0.6) is 0 Å². The van der Waals surface area contributed by atoms with Crippen LogP contribution in [-0.2, 0) is 0 Å². The summed E-state index contributed by atoms with van der Waals surface area (Å²) in [6.07, 6.45) is 0. The van der Waals surface area contributed by atoms with Crippen LogP contribution in [0.3, 0.4) is 0 Å². The first-order valence-electron chi connectivity index (χ1n) is 15.2. The lowest BCUT2D eigenvalue weighted by molar-refractivity contribution is 1.33. The zero-order valence-electron chi connectivity index (χ0n) is 23.9. The zero-order chi connectivity index (χ0) is 28.8. The number of rotatable bonds is 3. The summed E-state index contributed by atoms with van der Waals surface area (Å²) >= 11 is 0. The van der Waals surface area contributed by atoms with Crippen molar-refractivity contribution >= 4 is 43.1 Å². The van der Waals surface area contributed by atoms with Crippen molar-refractivity contribution in [2.24, 2.45) is 0 Å². The monoisotopic (exact) mass is 555 g/mol. The van der Waals surface area contributed by atoms with Gasteiger partial charge in [0, 0.05) is 27.8 Å². The van der Waals surface area contributed by atoms with Crippen molar-refractivity contribution in [3.63, 3.8) is 0 Å². The second-order valence-corrected chi connectivity index (χ2v) is 11.8. The highest BCUT2D eigenvalue weighted by Gasteiger charge is 2.31. The third-order valence-corrected chi connectivity index (χ3v) is 9.53. The minimum absolute atomic E-state index is 1.02. The van der Waals surface area contributed by atoms with Gasteiger partial charge in [-0.05, 0) is 59.8 Å². The van der Waals surface area contributed by atoms with Gasteiger partial charge in [0.15, 0.2) is 0 Å². The van der Waals surface area contributed by atoms with Gasteiger partial charge in [-0.25, -0.2) is 4.98 Å². The van der Waals surface area contributed by atoms with E-state index >= 15 is 0 Å². The second-order valence-electron chi connectivity index (χ2n) is 11.8. The first kappa shape index (κ1) is 23.7. The molecule has 9 aromatic rings. The van der Waals surface area contributed by atoms with Gasteiger partial charge in [-0.15, -0.1) is 0 Å². The molecule has 0 fully saturated rings. The molecule has 1 heterocycles. The number of fused-ring (bicyclic) bond motifs is 3. The molecule has 202 valence electrons. The smallest absolute Gasteiger partial charge is 0.0800 e. The van der Waals surface area contributed by atoms with E-state index in [0.29, 0.717) is 0 Å². The van der Waals surface area contributed by atoms with Crippen molar-refractivity contribution in [1.29, 1.82) is 0 Å². The van der Waals surface area contributed by atoms with E-state index < -0.39 is 0 Å². The van der Waals surface area contributed by atoms with Crippen LogP contribution in [0.2, 0.25) is 0 Å². The topological polar surface area (TPSA) is 12.9 Å². The van der Waals surface area contributed by atoms with Gasteiger partial charge in [0.25, 0.3) is 0 Å². The molecule has 0 unspecified atom stereocenters. The molecule has 0 saturated heterocycles. The highest BCUT2D eigenvalue weighted by molar-refractivity contribution is 6.27. The predicted octanol–water partition coefficient (Wildman–Crippen LogP) is 11.8. The van der Waals surface area contributed by atoms with Crippen molar-refractivity contribution in [3.8, 4) is 55.9 Å². The summed E-state index contributed by atoms with van der Waals surface area (Å²) in [5.41, 5.74) is 11.8. The molecule has 0 amide bonds. The molecule has 0 N–H and O–H groups in total. The Balaban J connectivity index is 1.42.